The number of esters is 1. The number of carbonyl (C=O) groups excluding carboxylic acids is 2. The number of nitrogens with one attached hydrogen (secondary N) is 1. The van der Waals surface area contributed by atoms with Crippen LogP contribution in [-0.4, -0.2) is 46.9 Å². The first-order valence-corrected chi connectivity index (χ1v) is 28.5. The van der Waals surface area contributed by atoms with E-state index in [0.717, 1.165) is 96.3 Å². The first-order valence-electron chi connectivity index (χ1n) is 28.5. The number of unbranched alkanes of at least 4 members (excludes halogenated alkanes) is 23. The summed E-state index contributed by atoms with van der Waals surface area (Å²) in [5.41, 5.74) is 0. The van der Waals surface area contributed by atoms with Crippen LogP contribution < -0.4 is 5.32 Å². The van der Waals surface area contributed by atoms with Gasteiger partial charge in [0.1, 0.15) is 6.10 Å². The molecule has 6 nitrogen and oxygen atoms in total. The number of amides is 1. The maximum Gasteiger partial charge on any atom is 0.306 e. The highest BCUT2D eigenvalue weighted by molar-refractivity contribution is 5.77. The third-order valence-electron chi connectivity index (χ3n) is 12.4. The molecule has 0 aromatic rings. The summed E-state index contributed by atoms with van der Waals surface area (Å²) in [6.45, 7) is 6.32. The Morgan fingerprint density at radius 1 is 0.456 bits per heavy atom. The van der Waals surface area contributed by atoms with Crippen LogP contribution in [0, 0.1) is 0 Å². The molecule has 6 heteroatoms. The zero-order chi connectivity index (χ0) is 49.5. The van der Waals surface area contributed by atoms with Crippen molar-refractivity contribution in [3.05, 3.63) is 97.2 Å². The van der Waals surface area contributed by atoms with Crippen molar-refractivity contribution < 1.29 is 24.5 Å². The van der Waals surface area contributed by atoms with Crippen molar-refractivity contribution in [1.29, 1.82) is 0 Å². The second-order valence-corrected chi connectivity index (χ2v) is 19.0. The van der Waals surface area contributed by atoms with E-state index >= 15 is 0 Å². The van der Waals surface area contributed by atoms with Gasteiger partial charge in [-0.3, -0.25) is 9.59 Å². The van der Waals surface area contributed by atoms with E-state index in [9.17, 15) is 19.8 Å². The molecule has 0 heterocycles. The summed E-state index contributed by atoms with van der Waals surface area (Å²) in [6.07, 6.45) is 73.4. The van der Waals surface area contributed by atoms with E-state index in [2.05, 4.69) is 111 Å². The molecule has 0 saturated carbocycles. The summed E-state index contributed by atoms with van der Waals surface area (Å²) in [5.74, 6) is -0.596. The van der Waals surface area contributed by atoms with Crippen molar-refractivity contribution in [2.24, 2.45) is 0 Å². The van der Waals surface area contributed by atoms with E-state index in [1.807, 2.05) is 12.2 Å². The molecule has 0 aliphatic carbocycles. The molecule has 0 bridgehead atoms. The third-order valence-corrected chi connectivity index (χ3v) is 12.4. The van der Waals surface area contributed by atoms with Crippen LogP contribution in [0.3, 0.4) is 0 Å². The molecule has 0 fully saturated rings. The molecular weight excluding hydrogens is 839 g/mol. The van der Waals surface area contributed by atoms with Gasteiger partial charge in [-0.15, -0.1) is 0 Å². The van der Waals surface area contributed by atoms with Gasteiger partial charge in [0.15, 0.2) is 0 Å². The van der Waals surface area contributed by atoms with Crippen LogP contribution in [0.5, 0.6) is 0 Å². The lowest BCUT2D eigenvalue weighted by molar-refractivity contribution is -0.150. The number of ether oxygens (including phenoxy) is 1. The summed E-state index contributed by atoms with van der Waals surface area (Å²) in [4.78, 5) is 26.2. The summed E-state index contributed by atoms with van der Waals surface area (Å²) in [7, 11) is 0. The number of hydrogen-bond donors (Lipinski definition) is 3. The lowest BCUT2D eigenvalue weighted by Crippen LogP contribution is -2.46. The van der Waals surface area contributed by atoms with E-state index < -0.39 is 18.2 Å². The van der Waals surface area contributed by atoms with Crippen molar-refractivity contribution >= 4 is 11.9 Å². The Morgan fingerprint density at radius 3 is 1.28 bits per heavy atom. The second kappa shape index (κ2) is 54.7. The summed E-state index contributed by atoms with van der Waals surface area (Å²) in [5, 5.41) is 23.8. The van der Waals surface area contributed by atoms with E-state index in [4.69, 9.17) is 4.74 Å². The normalized spacial score (nSPS) is 13.9. The molecule has 1 amide bonds. The van der Waals surface area contributed by atoms with Gasteiger partial charge in [0.2, 0.25) is 5.91 Å². The molecule has 0 aromatic heterocycles. The quantitative estimate of drug-likeness (QED) is 0.0321. The van der Waals surface area contributed by atoms with Crippen LogP contribution in [0.4, 0.5) is 0 Å². The molecular formula is C62H107NO5. The largest absolute Gasteiger partial charge is 0.461 e. The van der Waals surface area contributed by atoms with Gasteiger partial charge < -0.3 is 20.3 Å². The van der Waals surface area contributed by atoms with Gasteiger partial charge in [-0.1, -0.05) is 253 Å². The molecule has 0 aliphatic heterocycles. The van der Waals surface area contributed by atoms with Crippen molar-refractivity contribution in [3.8, 4) is 0 Å². The topological polar surface area (TPSA) is 95.9 Å². The molecule has 0 rings (SSSR count). The SMILES string of the molecule is CC/C=C\C/C=C\C/C=C\C/C=C\C/C=C\CC(CC(=O)NC(CO)C(O)CCCCCCCCCCCCCCCCC)OC(=O)CCCCCCCC/C=C\C/C=C\C/C=C\CCCCC. The fourth-order valence-electron chi connectivity index (χ4n) is 8.11. The zero-order valence-corrected chi connectivity index (χ0v) is 44.5. The highest BCUT2D eigenvalue weighted by Crippen LogP contribution is 2.16. The van der Waals surface area contributed by atoms with E-state index in [1.165, 1.54) is 116 Å². The van der Waals surface area contributed by atoms with Crippen LogP contribution in [0.1, 0.15) is 258 Å². The number of aliphatic hydroxyl groups is 2. The van der Waals surface area contributed by atoms with Crippen molar-refractivity contribution in [3.63, 3.8) is 0 Å². The monoisotopic (exact) mass is 946 g/mol. The Kier molecular flexibility index (Phi) is 52.1. The Morgan fingerprint density at radius 2 is 0.824 bits per heavy atom. The average molecular weight is 947 g/mol. The molecule has 3 N–H and O–H groups in total. The molecule has 390 valence electrons. The maximum absolute atomic E-state index is 13.2. The minimum Gasteiger partial charge on any atom is -0.461 e. The fourth-order valence-corrected chi connectivity index (χ4v) is 8.11. The van der Waals surface area contributed by atoms with Crippen LogP contribution >= 0.6 is 0 Å². The lowest BCUT2D eigenvalue weighted by atomic mass is 10.0. The average Bonchev–Trinajstić information content (AvgIpc) is 3.33. The standard InChI is InChI=1S/C62H107NO5/c1-4-7-10-13-16-19-22-25-28-29-30-31-34-37-40-43-46-49-52-55-62(67)68-58(53-50-47-44-41-38-35-32-26-23-20-17-14-11-8-5-2)56-61(66)63-59(57-64)60(65)54-51-48-45-42-39-36-33-27-24-21-18-15-12-9-6-3/h8,11,16-17,19-20,25-26,28,30-32,38,41,47,50,58-60,64-65H,4-7,9-10,12-15,18,21-24,27,29,33-37,39-40,42-46,48-49,51-57H2,1-3H3,(H,63,66)/b11-8-,19-16-,20-17-,28-25-,31-30-,32-26-,41-38-,50-47-. The van der Waals surface area contributed by atoms with E-state index in [1.54, 1.807) is 0 Å². The Bertz CT molecular complexity index is 1340. The predicted octanol–water partition coefficient (Wildman–Crippen LogP) is 17.7. The first kappa shape index (κ1) is 64.8. The van der Waals surface area contributed by atoms with Crippen LogP contribution in [-0.2, 0) is 14.3 Å². The molecule has 3 atom stereocenters. The highest BCUT2D eigenvalue weighted by atomic mass is 16.5. The number of carbonyl (C=O) groups is 2. The Labute approximate surface area is 420 Å². The fraction of sp³-hybridized carbons (Fsp3) is 0.710. The molecule has 0 saturated heterocycles. The predicted molar refractivity (Wildman–Crippen MR) is 296 cm³/mol. The number of rotatable bonds is 50. The van der Waals surface area contributed by atoms with Crippen molar-refractivity contribution in [2.75, 3.05) is 6.61 Å². The van der Waals surface area contributed by atoms with Crippen LogP contribution in [0.25, 0.3) is 0 Å². The molecule has 0 aromatic carbocycles. The minimum atomic E-state index is -0.820. The summed E-state index contributed by atoms with van der Waals surface area (Å²) >= 11 is 0. The van der Waals surface area contributed by atoms with Gasteiger partial charge >= 0.3 is 5.97 Å². The number of allylic oxidation sites excluding steroid dienone is 15. The van der Waals surface area contributed by atoms with E-state index in [-0.39, 0.29) is 24.9 Å². The zero-order valence-electron chi connectivity index (χ0n) is 44.5. The molecule has 3 unspecified atom stereocenters. The maximum atomic E-state index is 13.2. The molecule has 68 heavy (non-hydrogen) atoms. The lowest BCUT2D eigenvalue weighted by Gasteiger charge is -2.24. The molecule has 0 radical (unpaired) electrons. The van der Waals surface area contributed by atoms with Gasteiger partial charge in [0, 0.05) is 12.8 Å². The van der Waals surface area contributed by atoms with Crippen LogP contribution in [0.2, 0.25) is 0 Å². The Balaban J connectivity index is 4.70. The van der Waals surface area contributed by atoms with E-state index in [0.29, 0.717) is 19.3 Å². The Hall–Kier alpha value is -3.22. The van der Waals surface area contributed by atoms with Crippen molar-refractivity contribution in [2.45, 2.75) is 277 Å². The number of hydrogen-bond acceptors (Lipinski definition) is 5. The first-order chi connectivity index (χ1) is 33.5. The highest BCUT2D eigenvalue weighted by Gasteiger charge is 2.23. The third kappa shape index (κ3) is 49.2. The van der Waals surface area contributed by atoms with Crippen LogP contribution in [0.15, 0.2) is 97.2 Å². The van der Waals surface area contributed by atoms with Gasteiger partial charge in [0.05, 0.1) is 25.2 Å². The van der Waals surface area contributed by atoms with Crippen molar-refractivity contribution in [1.82, 2.24) is 5.32 Å². The molecule has 0 aliphatic rings. The minimum absolute atomic E-state index is 0.0104. The second-order valence-electron chi connectivity index (χ2n) is 19.0. The van der Waals surface area contributed by atoms with Gasteiger partial charge in [-0.25, -0.2) is 0 Å². The number of aliphatic hydroxyl groups excluding tert-OH is 2. The summed E-state index contributed by atoms with van der Waals surface area (Å²) in [6, 6.07) is -0.741. The van der Waals surface area contributed by atoms with Gasteiger partial charge in [-0.05, 0) is 83.5 Å². The van der Waals surface area contributed by atoms with Gasteiger partial charge in [0.25, 0.3) is 0 Å². The smallest absolute Gasteiger partial charge is 0.306 e. The summed E-state index contributed by atoms with van der Waals surface area (Å²) < 4.78 is 5.89. The molecule has 0 spiro atoms. The van der Waals surface area contributed by atoms with Gasteiger partial charge in [-0.2, -0.15) is 0 Å².